The van der Waals surface area contributed by atoms with Gasteiger partial charge >= 0.3 is 0 Å². The van der Waals surface area contributed by atoms with Crippen LogP contribution in [-0.2, 0) is 6.54 Å². The molecule has 0 saturated heterocycles. The van der Waals surface area contributed by atoms with E-state index in [-0.39, 0.29) is 18.6 Å². The molecule has 0 unspecified atom stereocenters. The molecule has 1 N–H and O–H groups in total. The van der Waals surface area contributed by atoms with Crippen molar-refractivity contribution in [3.63, 3.8) is 0 Å². The Morgan fingerprint density at radius 3 is 2.64 bits per heavy atom. The van der Waals surface area contributed by atoms with Crippen LogP contribution in [0.3, 0.4) is 0 Å². The molecule has 0 aliphatic heterocycles. The largest absolute Gasteiger partial charge is 0.493 e. The summed E-state index contributed by atoms with van der Waals surface area (Å²) in [7, 11) is 3.12. The molecule has 0 atom stereocenters. The van der Waals surface area contributed by atoms with Crippen LogP contribution < -0.4 is 19.5 Å². The number of carbonyl (C=O) groups is 1. The molecule has 0 radical (unpaired) electrons. The van der Waals surface area contributed by atoms with Gasteiger partial charge in [0, 0.05) is 18.3 Å². The van der Waals surface area contributed by atoms with Gasteiger partial charge < -0.3 is 19.5 Å². The molecule has 0 fully saturated rings. The Bertz CT molecular complexity index is 750. The number of ether oxygens (including phenoxy) is 3. The number of carbonyl (C=O) groups excluding carboxylic acids is 1. The Balaban J connectivity index is 2.09. The van der Waals surface area contributed by atoms with Crippen LogP contribution in [-0.4, -0.2) is 31.2 Å². The average Bonchev–Trinajstić information content (AvgIpc) is 2.60. The zero-order valence-corrected chi connectivity index (χ0v) is 15.4. The lowest BCUT2D eigenvalue weighted by Gasteiger charge is -2.13. The molecular weight excluding hydrogens is 344 g/mol. The highest BCUT2D eigenvalue weighted by atomic mass is 35.5. The minimum absolute atomic E-state index is 0.0507. The molecule has 1 heterocycles. The van der Waals surface area contributed by atoms with Gasteiger partial charge in [-0.1, -0.05) is 23.7 Å². The van der Waals surface area contributed by atoms with E-state index in [4.69, 9.17) is 25.8 Å². The standard InChI is InChI=1S/C18H21ClN2O4/c1-11(2)25-18-14(19)8-13(10-21-18)17(22)20-9-12-6-5-7-15(23-3)16(12)24-4/h5-8,10-11H,9H2,1-4H3,(H,20,22). The van der Waals surface area contributed by atoms with Crippen LogP contribution in [0.25, 0.3) is 0 Å². The summed E-state index contributed by atoms with van der Waals surface area (Å²) >= 11 is 6.12. The highest BCUT2D eigenvalue weighted by Gasteiger charge is 2.14. The van der Waals surface area contributed by atoms with Crippen LogP contribution >= 0.6 is 11.6 Å². The monoisotopic (exact) mass is 364 g/mol. The lowest BCUT2D eigenvalue weighted by Crippen LogP contribution is -2.23. The maximum Gasteiger partial charge on any atom is 0.253 e. The van der Waals surface area contributed by atoms with Gasteiger partial charge in [0.15, 0.2) is 11.5 Å². The molecule has 1 amide bonds. The van der Waals surface area contributed by atoms with E-state index in [0.717, 1.165) is 5.56 Å². The summed E-state index contributed by atoms with van der Waals surface area (Å²) in [4.78, 5) is 16.4. The van der Waals surface area contributed by atoms with Crippen LogP contribution in [0, 0.1) is 0 Å². The number of hydrogen-bond acceptors (Lipinski definition) is 5. The number of benzene rings is 1. The summed E-state index contributed by atoms with van der Waals surface area (Å²) in [6.07, 6.45) is 1.38. The number of amides is 1. The third-order valence-electron chi connectivity index (χ3n) is 3.34. The van der Waals surface area contributed by atoms with Crippen LogP contribution in [0.1, 0.15) is 29.8 Å². The molecule has 6 nitrogen and oxygen atoms in total. The number of hydrogen-bond donors (Lipinski definition) is 1. The van der Waals surface area contributed by atoms with Crippen molar-refractivity contribution < 1.29 is 19.0 Å². The van der Waals surface area contributed by atoms with E-state index < -0.39 is 0 Å². The first-order valence-corrected chi connectivity index (χ1v) is 8.14. The number of nitrogens with zero attached hydrogens (tertiary/aromatic N) is 1. The van der Waals surface area contributed by atoms with Crippen molar-refractivity contribution in [2.45, 2.75) is 26.5 Å². The zero-order chi connectivity index (χ0) is 18.4. The smallest absolute Gasteiger partial charge is 0.253 e. The third kappa shape index (κ3) is 4.76. The Morgan fingerprint density at radius 2 is 2.04 bits per heavy atom. The second-order valence-corrected chi connectivity index (χ2v) is 5.92. The van der Waals surface area contributed by atoms with Crippen molar-refractivity contribution in [2.24, 2.45) is 0 Å². The van der Waals surface area contributed by atoms with Crippen molar-refractivity contribution >= 4 is 17.5 Å². The predicted molar refractivity (Wildman–Crippen MR) is 95.7 cm³/mol. The lowest BCUT2D eigenvalue weighted by atomic mass is 10.1. The summed E-state index contributed by atoms with van der Waals surface area (Å²) in [6.45, 7) is 4.03. The number of para-hydroxylation sites is 1. The van der Waals surface area contributed by atoms with Crippen LogP contribution in [0.4, 0.5) is 0 Å². The number of nitrogens with one attached hydrogen (secondary N) is 1. The molecule has 0 spiro atoms. The molecule has 0 aliphatic rings. The minimum Gasteiger partial charge on any atom is -0.493 e. The second kappa shape index (κ2) is 8.58. The fourth-order valence-corrected chi connectivity index (χ4v) is 2.44. The highest BCUT2D eigenvalue weighted by Crippen LogP contribution is 2.30. The number of aromatic nitrogens is 1. The summed E-state index contributed by atoms with van der Waals surface area (Å²) in [5, 5.41) is 3.11. The van der Waals surface area contributed by atoms with Gasteiger partial charge in [0.25, 0.3) is 5.91 Å². The molecule has 0 bridgehead atoms. The first-order chi connectivity index (χ1) is 12.0. The lowest BCUT2D eigenvalue weighted by molar-refractivity contribution is 0.0950. The van der Waals surface area contributed by atoms with Gasteiger partial charge in [-0.05, 0) is 26.0 Å². The highest BCUT2D eigenvalue weighted by molar-refractivity contribution is 6.32. The molecular formula is C18H21ClN2O4. The molecule has 25 heavy (non-hydrogen) atoms. The topological polar surface area (TPSA) is 69.7 Å². The number of halogens is 1. The van der Waals surface area contributed by atoms with Gasteiger partial charge in [-0.3, -0.25) is 4.79 Å². The number of methoxy groups -OCH3 is 2. The van der Waals surface area contributed by atoms with Gasteiger partial charge in [-0.2, -0.15) is 0 Å². The van der Waals surface area contributed by atoms with E-state index >= 15 is 0 Å². The van der Waals surface area contributed by atoms with Gasteiger partial charge in [-0.25, -0.2) is 4.98 Å². The molecule has 1 aromatic carbocycles. The summed E-state index contributed by atoms with van der Waals surface area (Å²) in [6, 6.07) is 7.01. The average molecular weight is 365 g/mol. The summed E-state index contributed by atoms with van der Waals surface area (Å²) in [5.74, 6) is 1.20. The molecule has 0 aliphatic carbocycles. The Kier molecular flexibility index (Phi) is 6.47. The van der Waals surface area contributed by atoms with Gasteiger partial charge in [0.05, 0.1) is 25.9 Å². The molecule has 1 aromatic heterocycles. The van der Waals surface area contributed by atoms with Crippen molar-refractivity contribution in [3.05, 3.63) is 46.6 Å². The van der Waals surface area contributed by atoms with Crippen LogP contribution in [0.5, 0.6) is 17.4 Å². The van der Waals surface area contributed by atoms with Crippen molar-refractivity contribution in [2.75, 3.05) is 14.2 Å². The third-order valence-corrected chi connectivity index (χ3v) is 3.61. The number of rotatable bonds is 7. The molecule has 2 rings (SSSR count). The molecule has 7 heteroatoms. The van der Waals surface area contributed by atoms with Crippen molar-refractivity contribution in [1.29, 1.82) is 0 Å². The maximum absolute atomic E-state index is 12.3. The van der Waals surface area contributed by atoms with Crippen molar-refractivity contribution in [1.82, 2.24) is 10.3 Å². The Labute approximate surface area is 152 Å². The SMILES string of the molecule is COc1cccc(CNC(=O)c2cnc(OC(C)C)c(Cl)c2)c1OC. The first-order valence-electron chi connectivity index (χ1n) is 7.76. The molecule has 2 aromatic rings. The van der Waals surface area contributed by atoms with E-state index in [1.807, 2.05) is 26.0 Å². The normalized spacial score (nSPS) is 10.5. The molecule has 0 saturated carbocycles. The van der Waals surface area contributed by atoms with E-state index in [1.165, 1.54) is 12.3 Å². The predicted octanol–water partition coefficient (Wildman–Crippen LogP) is 3.47. The van der Waals surface area contributed by atoms with Crippen LogP contribution in [0.15, 0.2) is 30.5 Å². The van der Waals surface area contributed by atoms with Gasteiger partial charge in [-0.15, -0.1) is 0 Å². The van der Waals surface area contributed by atoms with Crippen molar-refractivity contribution in [3.8, 4) is 17.4 Å². The quantitative estimate of drug-likeness (QED) is 0.814. The first kappa shape index (κ1) is 18.9. The fourth-order valence-electron chi connectivity index (χ4n) is 2.23. The summed E-state index contributed by atoms with van der Waals surface area (Å²) < 4.78 is 16.1. The van der Waals surface area contributed by atoms with E-state index in [1.54, 1.807) is 20.3 Å². The van der Waals surface area contributed by atoms with Gasteiger partial charge in [0.1, 0.15) is 5.02 Å². The second-order valence-electron chi connectivity index (χ2n) is 5.51. The molecule has 134 valence electrons. The van der Waals surface area contributed by atoms with E-state index in [9.17, 15) is 4.79 Å². The fraction of sp³-hybridized carbons (Fsp3) is 0.333. The van der Waals surface area contributed by atoms with E-state index in [2.05, 4.69) is 10.3 Å². The number of pyridine rings is 1. The Hall–Kier alpha value is -2.47. The maximum atomic E-state index is 12.3. The Morgan fingerprint density at radius 1 is 1.28 bits per heavy atom. The van der Waals surface area contributed by atoms with Gasteiger partial charge in [0.2, 0.25) is 5.88 Å². The van der Waals surface area contributed by atoms with E-state index in [0.29, 0.717) is 28.0 Å². The summed E-state index contributed by atoms with van der Waals surface area (Å²) in [5.41, 5.74) is 1.15. The minimum atomic E-state index is -0.296. The zero-order valence-electron chi connectivity index (χ0n) is 14.6. The van der Waals surface area contributed by atoms with Crippen LogP contribution in [0.2, 0.25) is 5.02 Å².